The zero-order valence-corrected chi connectivity index (χ0v) is 9.51. The van der Waals surface area contributed by atoms with Gasteiger partial charge in [0.25, 0.3) is 0 Å². The zero-order chi connectivity index (χ0) is 13.0. The van der Waals surface area contributed by atoms with Crippen molar-refractivity contribution in [3.05, 3.63) is 65.7 Å². The normalized spacial score (nSPS) is 12.2. The van der Waals surface area contributed by atoms with Gasteiger partial charge in [-0.15, -0.1) is 0 Å². The lowest BCUT2D eigenvalue weighted by molar-refractivity contribution is 0.108. The van der Waals surface area contributed by atoms with E-state index in [1.807, 2.05) is 0 Å². The number of aliphatic hydroxyl groups excluding tert-OH is 1. The highest BCUT2D eigenvalue weighted by Gasteiger charge is 2.09. The topological polar surface area (TPSA) is 29.5 Å². The lowest BCUT2D eigenvalue weighted by Gasteiger charge is -2.12. The second kappa shape index (κ2) is 5.60. The van der Waals surface area contributed by atoms with E-state index in [1.165, 1.54) is 42.5 Å². The molecule has 0 aliphatic carbocycles. The number of hydrogen-bond acceptors (Lipinski definition) is 2. The Balaban J connectivity index is 1.96. The summed E-state index contributed by atoms with van der Waals surface area (Å²) in [4.78, 5) is 0. The summed E-state index contributed by atoms with van der Waals surface area (Å²) in [5, 5.41) is 9.80. The Hall–Kier alpha value is -1.94. The Labute approximate surface area is 103 Å². The first kappa shape index (κ1) is 12.5. The summed E-state index contributed by atoms with van der Waals surface area (Å²) in [6.07, 6.45) is -0.925. The van der Waals surface area contributed by atoms with Crippen molar-refractivity contribution in [1.29, 1.82) is 0 Å². The monoisotopic (exact) mass is 250 g/mol. The maximum absolute atomic E-state index is 12.9. The van der Waals surface area contributed by atoms with Crippen LogP contribution in [0.5, 0.6) is 5.75 Å². The summed E-state index contributed by atoms with van der Waals surface area (Å²) >= 11 is 0. The van der Waals surface area contributed by atoms with Gasteiger partial charge in [0.1, 0.15) is 30.1 Å². The first-order chi connectivity index (χ1) is 8.65. The fourth-order valence-electron chi connectivity index (χ4n) is 1.52. The Morgan fingerprint density at radius 3 is 2.39 bits per heavy atom. The van der Waals surface area contributed by atoms with Gasteiger partial charge in [0.05, 0.1) is 0 Å². The molecule has 0 spiro atoms. The van der Waals surface area contributed by atoms with Crippen LogP contribution in [0.4, 0.5) is 8.78 Å². The van der Waals surface area contributed by atoms with E-state index in [2.05, 4.69) is 0 Å². The Bertz CT molecular complexity index is 511. The Morgan fingerprint density at radius 1 is 1.00 bits per heavy atom. The van der Waals surface area contributed by atoms with E-state index >= 15 is 0 Å². The van der Waals surface area contributed by atoms with Crippen molar-refractivity contribution >= 4 is 0 Å². The SMILES string of the molecule is OC(COc1ccc(F)cc1)c1cccc(F)c1. The van der Waals surface area contributed by atoms with Crippen LogP contribution in [0.2, 0.25) is 0 Å². The molecule has 1 N–H and O–H groups in total. The van der Waals surface area contributed by atoms with E-state index in [9.17, 15) is 13.9 Å². The molecule has 0 saturated carbocycles. The van der Waals surface area contributed by atoms with E-state index in [4.69, 9.17) is 4.74 Å². The van der Waals surface area contributed by atoms with Gasteiger partial charge >= 0.3 is 0 Å². The van der Waals surface area contributed by atoms with Crippen LogP contribution >= 0.6 is 0 Å². The number of ether oxygens (including phenoxy) is 1. The minimum Gasteiger partial charge on any atom is -0.491 e. The van der Waals surface area contributed by atoms with Crippen LogP contribution in [0, 0.1) is 11.6 Å². The largest absolute Gasteiger partial charge is 0.491 e. The van der Waals surface area contributed by atoms with Gasteiger partial charge in [-0.25, -0.2) is 8.78 Å². The predicted molar refractivity (Wildman–Crippen MR) is 63.3 cm³/mol. The van der Waals surface area contributed by atoms with Crippen molar-refractivity contribution in [1.82, 2.24) is 0 Å². The van der Waals surface area contributed by atoms with Crippen molar-refractivity contribution in [2.45, 2.75) is 6.10 Å². The number of benzene rings is 2. The highest BCUT2D eigenvalue weighted by molar-refractivity contribution is 5.23. The molecule has 2 aromatic rings. The van der Waals surface area contributed by atoms with Crippen LogP contribution < -0.4 is 4.74 Å². The Morgan fingerprint density at radius 2 is 1.72 bits per heavy atom. The first-order valence-corrected chi connectivity index (χ1v) is 5.47. The fraction of sp³-hybridized carbons (Fsp3) is 0.143. The summed E-state index contributed by atoms with van der Waals surface area (Å²) in [5.41, 5.74) is 0.442. The van der Waals surface area contributed by atoms with E-state index in [0.717, 1.165) is 0 Å². The van der Waals surface area contributed by atoms with Crippen molar-refractivity contribution in [2.24, 2.45) is 0 Å². The molecule has 0 saturated heterocycles. The molecule has 0 amide bonds. The van der Waals surface area contributed by atoms with Crippen LogP contribution in [-0.2, 0) is 0 Å². The van der Waals surface area contributed by atoms with E-state index < -0.39 is 11.9 Å². The zero-order valence-electron chi connectivity index (χ0n) is 9.51. The molecule has 1 atom stereocenters. The van der Waals surface area contributed by atoms with Crippen LogP contribution in [0.15, 0.2) is 48.5 Å². The van der Waals surface area contributed by atoms with Gasteiger partial charge in [-0.05, 0) is 42.0 Å². The highest BCUT2D eigenvalue weighted by atomic mass is 19.1. The highest BCUT2D eigenvalue weighted by Crippen LogP contribution is 2.17. The van der Waals surface area contributed by atoms with Crippen molar-refractivity contribution in [3.63, 3.8) is 0 Å². The molecule has 0 fully saturated rings. The maximum Gasteiger partial charge on any atom is 0.123 e. The summed E-state index contributed by atoms with van der Waals surface area (Å²) < 4.78 is 30.9. The second-order valence-electron chi connectivity index (χ2n) is 3.84. The summed E-state index contributed by atoms with van der Waals surface area (Å²) in [7, 11) is 0. The van der Waals surface area contributed by atoms with Gasteiger partial charge < -0.3 is 9.84 Å². The summed E-state index contributed by atoms with van der Waals surface area (Å²) in [5.74, 6) is -0.312. The molecule has 0 heterocycles. The third-order valence-electron chi connectivity index (χ3n) is 2.45. The average molecular weight is 250 g/mol. The molecule has 0 aromatic heterocycles. The molecule has 0 aliphatic heterocycles. The molecule has 18 heavy (non-hydrogen) atoms. The van der Waals surface area contributed by atoms with Crippen LogP contribution in [0.1, 0.15) is 11.7 Å². The molecule has 4 heteroatoms. The summed E-state index contributed by atoms with van der Waals surface area (Å²) in [6, 6.07) is 11.2. The van der Waals surface area contributed by atoms with Gasteiger partial charge in [0, 0.05) is 0 Å². The van der Waals surface area contributed by atoms with Crippen molar-refractivity contribution < 1.29 is 18.6 Å². The third-order valence-corrected chi connectivity index (χ3v) is 2.45. The molecular formula is C14H12F2O2. The van der Waals surface area contributed by atoms with Crippen LogP contribution in [-0.4, -0.2) is 11.7 Å². The van der Waals surface area contributed by atoms with Gasteiger partial charge in [-0.2, -0.15) is 0 Å². The van der Waals surface area contributed by atoms with Gasteiger partial charge in [-0.1, -0.05) is 12.1 Å². The molecule has 0 radical (unpaired) electrons. The lowest BCUT2D eigenvalue weighted by atomic mass is 10.1. The predicted octanol–water partition coefficient (Wildman–Crippen LogP) is 3.08. The van der Waals surface area contributed by atoms with Gasteiger partial charge in [-0.3, -0.25) is 0 Å². The lowest BCUT2D eigenvalue weighted by Crippen LogP contribution is -2.09. The van der Waals surface area contributed by atoms with Crippen LogP contribution in [0.25, 0.3) is 0 Å². The molecule has 0 bridgehead atoms. The Kier molecular flexibility index (Phi) is 3.89. The smallest absolute Gasteiger partial charge is 0.123 e. The molecule has 94 valence electrons. The number of halogens is 2. The first-order valence-electron chi connectivity index (χ1n) is 5.47. The minimum absolute atomic E-state index is 0.0188. The minimum atomic E-state index is -0.925. The number of rotatable bonds is 4. The molecule has 1 unspecified atom stereocenters. The summed E-state index contributed by atoms with van der Waals surface area (Å²) in [6.45, 7) is -0.0188. The molecule has 2 nitrogen and oxygen atoms in total. The molecule has 2 rings (SSSR count). The third kappa shape index (κ3) is 3.28. The molecular weight excluding hydrogens is 238 g/mol. The van der Waals surface area contributed by atoms with Crippen molar-refractivity contribution in [3.8, 4) is 5.75 Å². The van der Waals surface area contributed by atoms with Gasteiger partial charge in [0.2, 0.25) is 0 Å². The van der Waals surface area contributed by atoms with Crippen molar-refractivity contribution in [2.75, 3.05) is 6.61 Å². The average Bonchev–Trinajstić information content (AvgIpc) is 2.38. The molecule has 0 aliphatic rings. The van der Waals surface area contributed by atoms with Crippen LogP contribution in [0.3, 0.4) is 0 Å². The number of hydrogen-bond donors (Lipinski definition) is 1. The maximum atomic E-state index is 12.9. The fourth-order valence-corrected chi connectivity index (χ4v) is 1.52. The molecule has 2 aromatic carbocycles. The second-order valence-corrected chi connectivity index (χ2v) is 3.84. The van der Waals surface area contributed by atoms with E-state index in [1.54, 1.807) is 6.07 Å². The van der Waals surface area contributed by atoms with E-state index in [0.29, 0.717) is 11.3 Å². The van der Waals surface area contributed by atoms with E-state index in [-0.39, 0.29) is 12.4 Å². The quantitative estimate of drug-likeness (QED) is 0.903. The standard InChI is InChI=1S/C14H12F2O2/c15-11-4-6-13(7-5-11)18-9-14(17)10-2-1-3-12(16)8-10/h1-8,14,17H,9H2. The number of aliphatic hydroxyl groups is 1. The van der Waals surface area contributed by atoms with Gasteiger partial charge in [0.15, 0.2) is 0 Å².